The van der Waals surface area contributed by atoms with E-state index in [9.17, 15) is 14.0 Å². The molecule has 0 bridgehead atoms. The van der Waals surface area contributed by atoms with Crippen molar-refractivity contribution in [1.82, 2.24) is 5.32 Å². The molecule has 5 nitrogen and oxygen atoms in total. The van der Waals surface area contributed by atoms with E-state index in [2.05, 4.69) is 10.1 Å². The molecule has 0 aromatic rings. The predicted molar refractivity (Wildman–Crippen MR) is 50.8 cm³/mol. The van der Waals surface area contributed by atoms with Crippen molar-refractivity contribution in [3.8, 4) is 0 Å². The molecule has 0 unspecified atom stereocenters. The second kappa shape index (κ2) is 3.96. The number of alkyl halides is 1. The Morgan fingerprint density at radius 3 is 3.00 bits per heavy atom. The van der Waals surface area contributed by atoms with Crippen LogP contribution in [0.4, 0.5) is 4.39 Å². The van der Waals surface area contributed by atoms with Gasteiger partial charge in [0.25, 0.3) is 0 Å². The Kier molecular flexibility index (Phi) is 2.64. The van der Waals surface area contributed by atoms with Gasteiger partial charge in [0.15, 0.2) is 0 Å². The molecule has 0 atom stereocenters. The minimum absolute atomic E-state index is 0.0626. The maximum atomic E-state index is 12.7. The van der Waals surface area contributed by atoms with Crippen molar-refractivity contribution in [1.29, 1.82) is 0 Å². The summed E-state index contributed by atoms with van der Waals surface area (Å²) >= 11 is 0. The van der Waals surface area contributed by atoms with Crippen LogP contribution >= 0.6 is 0 Å². The Hall–Kier alpha value is -1.85. The molecule has 2 rings (SSSR count). The second-order valence-corrected chi connectivity index (χ2v) is 3.42. The number of ether oxygens (including phenoxy) is 2. The molecule has 16 heavy (non-hydrogen) atoms. The summed E-state index contributed by atoms with van der Waals surface area (Å²) in [5, 5.41) is 2.70. The number of dihydropyridines is 1. The topological polar surface area (TPSA) is 64.6 Å². The monoisotopic (exact) mass is 227 g/mol. The molecule has 0 aromatic carbocycles. The molecule has 0 spiro atoms. The summed E-state index contributed by atoms with van der Waals surface area (Å²) in [5.74, 6) is -1.10. The van der Waals surface area contributed by atoms with Crippen LogP contribution in [-0.4, -0.2) is 32.3 Å². The van der Waals surface area contributed by atoms with Crippen LogP contribution in [0.25, 0.3) is 0 Å². The second-order valence-electron chi connectivity index (χ2n) is 3.42. The molecule has 6 heteroatoms. The minimum Gasteiger partial charge on any atom is -0.466 e. The molecule has 2 aliphatic rings. The zero-order valence-corrected chi connectivity index (χ0v) is 8.63. The number of carbonyl (C=O) groups excluding carboxylic acids is 2. The third-order valence-electron chi connectivity index (χ3n) is 2.54. The molecule has 1 N–H and O–H groups in total. The van der Waals surface area contributed by atoms with Gasteiger partial charge >= 0.3 is 11.9 Å². The summed E-state index contributed by atoms with van der Waals surface area (Å²) in [7, 11) is 1.21. The van der Waals surface area contributed by atoms with Crippen molar-refractivity contribution in [3.63, 3.8) is 0 Å². The van der Waals surface area contributed by atoms with Gasteiger partial charge in [-0.3, -0.25) is 0 Å². The lowest BCUT2D eigenvalue weighted by Gasteiger charge is -2.18. The number of nitrogens with one attached hydrogen (secondary N) is 1. The van der Waals surface area contributed by atoms with E-state index in [1.165, 1.54) is 7.11 Å². The predicted octanol–water partition coefficient (Wildman–Crippen LogP) is 0.187. The van der Waals surface area contributed by atoms with Crippen molar-refractivity contribution in [2.75, 3.05) is 20.4 Å². The van der Waals surface area contributed by atoms with Gasteiger partial charge in [-0.1, -0.05) is 0 Å². The largest absolute Gasteiger partial charge is 0.466 e. The van der Waals surface area contributed by atoms with Gasteiger partial charge in [0.1, 0.15) is 13.3 Å². The number of rotatable bonds is 2. The Bertz CT molecular complexity index is 425. The molecule has 2 heterocycles. The summed E-state index contributed by atoms with van der Waals surface area (Å²) in [6.07, 6.45) is 0.0626. The van der Waals surface area contributed by atoms with E-state index >= 15 is 0 Å². The van der Waals surface area contributed by atoms with E-state index in [0.717, 1.165) is 0 Å². The van der Waals surface area contributed by atoms with E-state index in [1.54, 1.807) is 0 Å². The van der Waals surface area contributed by atoms with Crippen LogP contribution in [0, 0.1) is 0 Å². The molecular weight excluding hydrogens is 217 g/mol. The first-order valence-electron chi connectivity index (χ1n) is 4.69. The number of cyclic esters (lactones) is 1. The summed E-state index contributed by atoms with van der Waals surface area (Å²) < 4.78 is 22.0. The lowest BCUT2D eigenvalue weighted by atomic mass is 9.99. The average molecular weight is 227 g/mol. The smallest absolute Gasteiger partial charge is 0.336 e. The first-order chi connectivity index (χ1) is 7.67. The zero-order chi connectivity index (χ0) is 11.7. The number of carbonyl (C=O) groups is 2. The Balaban J connectivity index is 2.30. The minimum atomic E-state index is -0.810. The molecule has 86 valence electrons. The molecule has 0 fully saturated rings. The molecule has 0 amide bonds. The first-order valence-corrected chi connectivity index (χ1v) is 4.69. The molecule has 0 saturated carbocycles. The van der Waals surface area contributed by atoms with Gasteiger partial charge < -0.3 is 14.8 Å². The highest BCUT2D eigenvalue weighted by molar-refractivity contribution is 5.98. The van der Waals surface area contributed by atoms with Crippen LogP contribution in [0.3, 0.4) is 0 Å². The summed E-state index contributed by atoms with van der Waals surface area (Å²) in [4.78, 5) is 22.6. The molecule has 0 radical (unpaired) electrons. The Morgan fingerprint density at radius 1 is 1.62 bits per heavy atom. The molecule has 0 saturated heterocycles. The van der Waals surface area contributed by atoms with E-state index in [0.29, 0.717) is 11.3 Å². The number of hydrogen-bond acceptors (Lipinski definition) is 5. The fourth-order valence-corrected chi connectivity index (χ4v) is 1.70. The third kappa shape index (κ3) is 1.56. The van der Waals surface area contributed by atoms with Gasteiger partial charge in [0.05, 0.1) is 29.7 Å². The van der Waals surface area contributed by atoms with E-state index < -0.39 is 18.6 Å². The Labute approximate surface area is 90.9 Å². The standard InChI is InChI=1S/C10H10FNO4/c1-15-9(13)5-2-6-8(4-16-10(6)14)12-7(5)3-11/h12H,2-4H2,1H3. The number of allylic oxidation sites excluding steroid dienone is 1. The molecule has 0 aliphatic carbocycles. The van der Waals surface area contributed by atoms with Gasteiger partial charge in [0.2, 0.25) is 0 Å². The van der Waals surface area contributed by atoms with E-state index in [4.69, 9.17) is 4.74 Å². The van der Waals surface area contributed by atoms with Crippen LogP contribution < -0.4 is 5.32 Å². The first kappa shape index (κ1) is 10.7. The van der Waals surface area contributed by atoms with Gasteiger partial charge in [-0.2, -0.15) is 0 Å². The maximum Gasteiger partial charge on any atom is 0.336 e. The van der Waals surface area contributed by atoms with Crippen LogP contribution in [0.2, 0.25) is 0 Å². The lowest BCUT2D eigenvalue weighted by Crippen LogP contribution is -2.26. The van der Waals surface area contributed by atoms with Crippen molar-refractivity contribution < 1.29 is 23.5 Å². The third-order valence-corrected chi connectivity index (χ3v) is 2.54. The van der Waals surface area contributed by atoms with Crippen molar-refractivity contribution in [2.45, 2.75) is 6.42 Å². The van der Waals surface area contributed by atoms with Gasteiger partial charge in [-0.15, -0.1) is 0 Å². The maximum absolute atomic E-state index is 12.7. The SMILES string of the molecule is COC(=O)C1=C(CF)NC2=C(C1)C(=O)OC2. The molecular formula is C10H10FNO4. The normalized spacial score (nSPS) is 19.2. The Morgan fingerprint density at radius 2 is 2.38 bits per heavy atom. The summed E-state index contributed by atoms with van der Waals surface area (Å²) in [6.45, 7) is -0.707. The van der Waals surface area contributed by atoms with Crippen LogP contribution in [0.1, 0.15) is 6.42 Å². The highest BCUT2D eigenvalue weighted by Crippen LogP contribution is 2.28. The van der Waals surface area contributed by atoms with E-state index in [1.807, 2.05) is 0 Å². The van der Waals surface area contributed by atoms with Crippen LogP contribution in [-0.2, 0) is 19.1 Å². The van der Waals surface area contributed by atoms with Crippen LogP contribution in [0.15, 0.2) is 22.5 Å². The highest BCUT2D eigenvalue weighted by atomic mass is 19.1. The lowest BCUT2D eigenvalue weighted by molar-refractivity contribution is -0.136. The van der Waals surface area contributed by atoms with Gasteiger partial charge in [-0.05, 0) is 0 Å². The van der Waals surface area contributed by atoms with Crippen molar-refractivity contribution >= 4 is 11.9 Å². The number of methoxy groups -OCH3 is 1. The van der Waals surface area contributed by atoms with Gasteiger partial charge in [0, 0.05) is 6.42 Å². The fraction of sp³-hybridized carbons (Fsp3) is 0.400. The summed E-state index contributed by atoms with van der Waals surface area (Å²) in [5.41, 5.74) is 1.19. The van der Waals surface area contributed by atoms with Crippen molar-refractivity contribution in [3.05, 3.63) is 22.5 Å². The van der Waals surface area contributed by atoms with E-state index in [-0.39, 0.29) is 24.3 Å². The molecule has 2 aliphatic heterocycles. The highest BCUT2D eigenvalue weighted by Gasteiger charge is 2.33. The van der Waals surface area contributed by atoms with Crippen LogP contribution in [0.5, 0.6) is 0 Å². The van der Waals surface area contributed by atoms with Gasteiger partial charge in [-0.25, -0.2) is 14.0 Å². The van der Waals surface area contributed by atoms with Crippen molar-refractivity contribution in [2.24, 2.45) is 0 Å². The number of esters is 2. The zero-order valence-electron chi connectivity index (χ0n) is 8.63. The fourth-order valence-electron chi connectivity index (χ4n) is 1.70. The quantitative estimate of drug-likeness (QED) is 0.682. The number of halogens is 1. The summed E-state index contributed by atoms with van der Waals surface area (Å²) in [6, 6.07) is 0. The number of hydrogen-bond donors (Lipinski definition) is 1. The molecule has 0 aromatic heterocycles. The average Bonchev–Trinajstić information content (AvgIpc) is 2.68.